The molecule has 0 heterocycles. The highest BCUT2D eigenvalue weighted by molar-refractivity contribution is 5.88. The van der Waals surface area contributed by atoms with Crippen LogP contribution >= 0.6 is 12.4 Å². The second-order valence-corrected chi connectivity index (χ2v) is 16.3. The SMILES string of the molecule is COC(=O)[C@H](Cc1cccc(-c2ccc(OCc3ccccc3)c(C[C@H](NC(=O)OCc3ccccc3)C(=O)Oc3c(F)c(F)c(F)c(F)c3F)c2)c1)NC(=O)[C@@H](N)C[C@@H](O)CNC(=O)OCc1ccccc1.Cl. The molecule has 0 saturated carbocycles. The number of halogens is 6. The first-order chi connectivity index (χ1) is 35.1. The first-order valence-corrected chi connectivity index (χ1v) is 22.5. The van der Waals surface area contributed by atoms with Crippen LogP contribution in [0.1, 0.15) is 34.2 Å². The van der Waals surface area contributed by atoms with Crippen LogP contribution < -0.4 is 31.2 Å². The van der Waals surface area contributed by atoms with E-state index in [1.807, 2.05) is 6.07 Å². The Labute approximate surface area is 427 Å². The van der Waals surface area contributed by atoms with Gasteiger partial charge < -0.3 is 50.5 Å². The maximum Gasteiger partial charge on any atom is 0.408 e. The highest BCUT2D eigenvalue weighted by atomic mass is 35.5. The number of aliphatic hydroxyl groups excluding tert-OH is 1. The third-order valence-corrected chi connectivity index (χ3v) is 10.9. The van der Waals surface area contributed by atoms with E-state index in [9.17, 15) is 51.0 Å². The van der Waals surface area contributed by atoms with E-state index in [4.69, 9.17) is 29.4 Å². The molecule has 6 rings (SSSR count). The number of alkyl carbamates (subject to hydrolysis) is 2. The number of amides is 3. The summed E-state index contributed by atoms with van der Waals surface area (Å²) < 4.78 is 98.3. The standard InChI is InChI=1S/C53H49F5N4O11.ClH/c1-69-50(65)40(61-49(64)39(59)26-38(63)27-60-52(67)71-29-32-14-7-3-8-15-32)23-34-18-11-19-35(22-34)36-20-21-42(70-28-31-12-5-2-6-13-31)37(24-36)25-41(62-53(68)72-30-33-16-9-4-10-17-33)51(66)73-48-46(57)44(55)43(54)45(56)47(48)58;/h2-22,24,38-41,63H,23,25-30,59H2,1H3,(H,60,67)(H,61,64)(H,62,68);1H/t38-,39+,40+,41+;/m1./s1. The number of esters is 2. The molecule has 4 atom stereocenters. The summed E-state index contributed by atoms with van der Waals surface area (Å²) in [6.07, 6.45) is -4.27. The van der Waals surface area contributed by atoms with Crippen LogP contribution in [0.5, 0.6) is 11.5 Å². The maximum atomic E-state index is 14.8. The first kappa shape index (κ1) is 56.8. The van der Waals surface area contributed by atoms with E-state index in [0.717, 1.165) is 18.2 Å². The lowest BCUT2D eigenvalue weighted by Gasteiger charge is -2.21. The number of aliphatic hydroxyl groups is 1. The van der Waals surface area contributed by atoms with Gasteiger partial charge in [0.25, 0.3) is 0 Å². The van der Waals surface area contributed by atoms with Crippen molar-refractivity contribution in [2.75, 3.05) is 13.7 Å². The molecule has 0 spiro atoms. The van der Waals surface area contributed by atoms with Crippen molar-refractivity contribution < 1.29 is 74.7 Å². The molecule has 0 saturated heterocycles. The quantitative estimate of drug-likeness (QED) is 0.0111. The molecule has 15 nitrogen and oxygen atoms in total. The minimum Gasteiger partial charge on any atom is -0.489 e. The summed E-state index contributed by atoms with van der Waals surface area (Å²) >= 11 is 0. The third kappa shape index (κ3) is 16.2. The van der Waals surface area contributed by atoms with Crippen molar-refractivity contribution in [2.45, 2.75) is 63.3 Å². The number of benzene rings is 6. The molecule has 0 fully saturated rings. The van der Waals surface area contributed by atoms with E-state index >= 15 is 0 Å². The lowest BCUT2D eigenvalue weighted by Crippen LogP contribution is -2.51. The van der Waals surface area contributed by atoms with Gasteiger partial charge in [-0.3, -0.25) is 4.79 Å². The van der Waals surface area contributed by atoms with Gasteiger partial charge in [0.15, 0.2) is 0 Å². The van der Waals surface area contributed by atoms with Gasteiger partial charge in [0.05, 0.1) is 19.3 Å². The number of hydrogen-bond donors (Lipinski definition) is 5. The van der Waals surface area contributed by atoms with Crippen LogP contribution in [0.25, 0.3) is 11.1 Å². The zero-order valence-electron chi connectivity index (χ0n) is 39.4. The van der Waals surface area contributed by atoms with Crippen molar-refractivity contribution in [3.05, 3.63) is 190 Å². The summed E-state index contributed by atoms with van der Waals surface area (Å²) in [4.78, 5) is 65.4. The minimum atomic E-state index is -2.48. The van der Waals surface area contributed by atoms with Crippen molar-refractivity contribution in [3.8, 4) is 22.6 Å². The third-order valence-electron chi connectivity index (χ3n) is 10.9. The monoisotopic (exact) mass is 1050 g/mol. The number of nitrogens with one attached hydrogen (secondary N) is 3. The zero-order chi connectivity index (χ0) is 52.4. The summed E-state index contributed by atoms with van der Waals surface area (Å²) in [6, 6.07) is 33.1. The fourth-order valence-corrected chi connectivity index (χ4v) is 7.15. The molecule has 0 radical (unpaired) electrons. The second kappa shape index (κ2) is 27.7. The van der Waals surface area contributed by atoms with Gasteiger partial charge in [-0.2, -0.15) is 8.78 Å². The smallest absolute Gasteiger partial charge is 0.408 e. The summed E-state index contributed by atoms with van der Waals surface area (Å²) in [5.74, 6) is -17.1. The van der Waals surface area contributed by atoms with E-state index in [0.29, 0.717) is 22.3 Å². The molecular weight excluding hydrogens is 999 g/mol. The molecule has 6 aromatic rings. The van der Waals surface area contributed by atoms with Crippen LogP contribution in [0.2, 0.25) is 0 Å². The molecule has 21 heteroatoms. The average Bonchev–Trinajstić information content (AvgIpc) is 3.41. The van der Waals surface area contributed by atoms with Crippen LogP contribution in [0, 0.1) is 29.1 Å². The number of methoxy groups -OCH3 is 1. The van der Waals surface area contributed by atoms with Crippen molar-refractivity contribution in [1.82, 2.24) is 16.0 Å². The normalized spacial score (nSPS) is 12.4. The molecule has 0 unspecified atom stereocenters. The van der Waals surface area contributed by atoms with Crippen LogP contribution in [0.3, 0.4) is 0 Å². The van der Waals surface area contributed by atoms with E-state index in [1.165, 1.54) is 6.07 Å². The van der Waals surface area contributed by atoms with Gasteiger partial charge in [-0.15, -0.1) is 12.4 Å². The molecule has 0 aliphatic carbocycles. The summed E-state index contributed by atoms with van der Waals surface area (Å²) in [5.41, 5.74) is 9.76. The summed E-state index contributed by atoms with van der Waals surface area (Å²) in [5, 5.41) is 17.8. The Morgan fingerprint density at radius 1 is 0.581 bits per heavy atom. The molecule has 0 aliphatic heterocycles. The Morgan fingerprint density at radius 3 is 1.68 bits per heavy atom. The summed E-state index contributed by atoms with van der Waals surface area (Å²) in [7, 11) is 1.12. The van der Waals surface area contributed by atoms with Gasteiger partial charge in [0, 0.05) is 19.4 Å². The van der Waals surface area contributed by atoms with Gasteiger partial charge in [0.2, 0.25) is 40.7 Å². The van der Waals surface area contributed by atoms with E-state index < -0.39 is 95.5 Å². The molecule has 74 heavy (non-hydrogen) atoms. The van der Waals surface area contributed by atoms with Crippen LogP contribution in [0.15, 0.2) is 133 Å². The van der Waals surface area contributed by atoms with Gasteiger partial charge >= 0.3 is 24.1 Å². The van der Waals surface area contributed by atoms with Gasteiger partial charge in [-0.1, -0.05) is 121 Å². The Kier molecular flexibility index (Phi) is 21.3. The molecular formula is C53H50ClF5N4O11. The Balaban J connectivity index is 0.0000101. The highest BCUT2D eigenvalue weighted by Gasteiger charge is 2.33. The molecule has 6 aromatic carbocycles. The minimum absolute atomic E-state index is 0. The fourth-order valence-electron chi connectivity index (χ4n) is 7.15. The topological polar surface area (TPSA) is 214 Å². The molecule has 0 aromatic heterocycles. The average molecular weight is 1050 g/mol. The summed E-state index contributed by atoms with van der Waals surface area (Å²) in [6.45, 7) is -0.576. The zero-order valence-corrected chi connectivity index (χ0v) is 40.2. The fraction of sp³-hybridized carbons (Fsp3) is 0.226. The van der Waals surface area contributed by atoms with Crippen molar-refractivity contribution in [3.63, 3.8) is 0 Å². The Morgan fingerprint density at radius 2 is 1.09 bits per heavy atom. The number of ether oxygens (including phenoxy) is 5. The lowest BCUT2D eigenvalue weighted by molar-refractivity contribution is -0.145. The van der Waals surface area contributed by atoms with E-state index in [1.54, 1.807) is 121 Å². The maximum absolute atomic E-state index is 14.8. The van der Waals surface area contributed by atoms with Crippen molar-refractivity contribution >= 4 is 42.4 Å². The Hall–Kier alpha value is -8.07. The molecule has 3 amide bonds. The number of hydrogen-bond acceptors (Lipinski definition) is 12. The number of rotatable bonds is 22. The highest BCUT2D eigenvalue weighted by Crippen LogP contribution is 2.32. The molecule has 0 bridgehead atoms. The van der Waals surface area contributed by atoms with Crippen molar-refractivity contribution in [1.29, 1.82) is 0 Å². The van der Waals surface area contributed by atoms with E-state index in [2.05, 4.69) is 16.0 Å². The molecule has 390 valence electrons. The van der Waals surface area contributed by atoms with Crippen LogP contribution in [-0.2, 0) is 61.3 Å². The van der Waals surface area contributed by atoms with E-state index in [-0.39, 0.29) is 62.9 Å². The Bertz CT molecular complexity index is 2850. The largest absolute Gasteiger partial charge is 0.489 e. The lowest BCUT2D eigenvalue weighted by atomic mass is 9.95. The molecule has 0 aliphatic rings. The second-order valence-electron chi connectivity index (χ2n) is 16.3. The van der Waals surface area contributed by atoms with Gasteiger partial charge in [-0.05, 0) is 57.5 Å². The number of nitrogens with two attached hydrogens (primary N) is 1. The van der Waals surface area contributed by atoms with Crippen LogP contribution in [-0.4, -0.2) is 73.0 Å². The van der Waals surface area contributed by atoms with Gasteiger partial charge in [0.1, 0.15) is 37.7 Å². The number of carbonyl (C=O) groups excluding carboxylic acids is 5. The van der Waals surface area contributed by atoms with Crippen molar-refractivity contribution in [2.24, 2.45) is 5.73 Å². The van der Waals surface area contributed by atoms with Gasteiger partial charge in [-0.25, -0.2) is 32.3 Å². The first-order valence-electron chi connectivity index (χ1n) is 22.5. The number of carbonyl (C=O) groups is 5. The predicted octanol–water partition coefficient (Wildman–Crippen LogP) is 7.70. The molecule has 6 N–H and O–H groups in total. The van der Waals surface area contributed by atoms with Crippen LogP contribution in [0.4, 0.5) is 31.5 Å². The predicted molar refractivity (Wildman–Crippen MR) is 260 cm³/mol.